The second kappa shape index (κ2) is 7.35. The molecule has 4 rings (SSSR count). The van der Waals surface area contributed by atoms with E-state index in [4.69, 9.17) is 4.98 Å². The lowest BCUT2D eigenvalue weighted by molar-refractivity contribution is 0.418. The second-order valence-electron chi connectivity index (χ2n) is 7.23. The fourth-order valence-electron chi connectivity index (χ4n) is 3.70. The van der Waals surface area contributed by atoms with E-state index in [1.165, 1.54) is 0 Å². The van der Waals surface area contributed by atoms with Crippen LogP contribution in [-0.2, 0) is 6.54 Å². The Morgan fingerprint density at radius 2 is 1.68 bits per heavy atom. The van der Waals surface area contributed by atoms with Gasteiger partial charge in [0, 0.05) is 23.4 Å². The number of benzene rings is 2. The Morgan fingerprint density at radius 3 is 2.32 bits per heavy atom. The molecule has 4 aromatic rings. The first-order valence-corrected chi connectivity index (χ1v) is 9.45. The van der Waals surface area contributed by atoms with Crippen molar-refractivity contribution in [2.75, 3.05) is 0 Å². The quantitative estimate of drug-likeness (QED) is 0.536. The van der Waals surface area contributed by atoms with E-state index in [0.717, 1.165) is 40.4 Å². The summed E-state index contributed by atoms with van der Waals surface area (Å²) in [6, 6.07) is 19.8. The zero-order valence-electron chi connectivity index (χ0n) is 16.4. The van der Waals surface area contributed by atoms with Crippen LogP contribution in [0.2, 0.25) is 0 Å². The third-order valence-electron chi connectivity index (χ3n) is 4.95. The van der Waals surface area contributed by atoms with Crippen LogP contribution in [0.3, 0.4) is 0 Å². The van der Waals surface area contributed by atoms with Crippen molar-refractivity contribution >= 4 is 0 Å². The summed E-state index contributed by atoms with van der Waals surface area (Å²) in [4.78, 5) is 4.73. The predicted molar refractivity (Wildman–Crippen MR) is 111 cm³/mol. The summed E-state index contributed by atoms with van der Waals surface area (Å²) < 4.78 is 4.24. The van der Waals surface area contributed by atoms with Crippen molar-refractivity contribution in [1.29, 1.82) is 0 Å². The first kappa shape index (κ1) is 18.0. The van der Waals surface area contributed by atoms with E-state index < -0.39 is 0 Å². The molecular formula is C23H24N4O. The molecule has 0 saturated heterocycles. The highest BCUT2D eigenvalue weighted by Crippen LogP contribution is 2.33. The number of rotatable bonds is 5. The van der Waals surface area contributed by atoms with Crippen molar-refractivity contribution < 1.29 is 5.11 Å². The average molecular weight is 372 g/mol. The van der Waals surface area contributed by atoms with Gasteiger partial charge in [0.25, 0.3) is 0 Å². The van der Waals surface area contributed by atoms with Crippen LogP contribution >= 0.6 is 0 Å². The van der Waals surface area contributed by atoms with Crippen LogP contribution in [-0.4, -0.2) is 24.4 Å². The van der Waals surface area contributed by atoms with Gasteiger partial charge in [0.15, 0.2) is 0 Å². The van der Waals surface area contributed by atoms with Gasteiger partial charge in [-0.3, -0.25) is 4.68 Å². The molecule has 0 saturated carbocycles. The van der Waals surface area contributed by atoms with E-state index in [1.54, 1.807) is 12.1 Å². The molecule has 28 heavy (non-hydrogen) atoms. The van der Waals surface area contributed by atoms with Crippen LogP contribution in [0.25, 0.3) is 22.5 Å². The lowest BCUT2D eigenvalue weighted by atomic mass is 10.0. The smallest absolute Gasteiger partial charge is 0.115 e. The molecule has 1 atom stereocenters. The molecule has 5 heteroatoms. The highest BCUT2D eigenvalue weighted by molar-refractivity contribution is 5.78. The molecule has 0 aliphatic rings. The van der Waals surface area contributed by atoms with Gasteiger partial charge in [-0.25, -0.2) is 4.98 Å². The Bertz CT molecular complexity index is 1080. The number of nitrogens with zero attached hydrogens (tertiary/aromatic N) is 4. The van der Waals surface area contributed by atoms with Gasteiger partial charge in [-0.2, -0.15) is 5.10 Å². The first-order chi connectivity index (χ1) is 13.5. The van der Waals surface area contributed by atoms with Gasteiger partial charge in [-0.05, 0) is 51.1 Å². The number of aromatic hydroxyl groups is 1. The molecule has 0 aliphatic carbocycles. The lowest BCUT2D eigenvalue weighted by Gasteiger charge is -2.18. The number of hydrogen-bond donors (Lipinski definition) is 1. The van der Waals surface area contributed by atoms with E-state index in [2.05, 4.69) is 46.4 Å². The molecule has 0 spiro atoms. The number of imidazole rings is 1. The Kier molecular flexibility index (Phi) is 4.74. The van der Waals surface area contributed by atoms with E-state index in [1.807, 2.05) is 43.6 Å². The van der Waals surface area contributed by atoms with Crippen molar-refractivity contribution in [1.82, 2.24) is 19.3 Å². The Hall–Kier alpha value is -3.34. The fourth-order valence-corrected chi connectivity index (χ4v) is 3.70. The van der Waals surface area contributed by atoms with E-state index in [9.17, 15) is 5.11 Å². The highest BCUT2D eigenvalue weighted by atomic mass is 16.3. The molecule has 1 N–H and O–H groups in total. The van der Waals surface area contributed by atoms with Gasteiger partial charge in [0.05, 0.1) is 29.5 Å². The van der Waals surface area contributed by atoms with Crippen LogP contribution in [0.1, 0.15) is 24.4 Å². The normalized spacial score (nSPS) is 12.2. The molecule has 2 aromatic heterocycles. The van der Waals surface area contributed by atoms with Gasteiger partial charge >= 0.3 is 0 Å². The second-order valence-corrected chi connectivity index (χ2v) is 7.23. The highest BCUT2D eigenvalue weighted by Gasteiger charge is 2.18. The van der Waals surface area contributed by atoms with Crippen LogP contribution in [0.5, 0.6) is 5.75 Å². The van der Waals surface area contributed by atoms with Crippen molar-refractivity contribution in [3.8, 4) is 28.3 Å². The molecule has 2 heterocycles. The summed E-state index contributed by atoms with van der Waals surface area (Å²) in [5, 5.41) is 14.3. The summed E-state index contributed by atoms with van der Waals surface area (Å²) in [5.41, 5.74) is 6.25. The predicted octanol–water partition coefficient (Wildman–Crippen LogP) is 5.00. The van der Waals surface area contributed by atoms with Gasteiger partial charge < -0.3 is 9.67 Å². The van der Waals surface area contributed by atoms with Gasteiger partial charge in [-0.15, -0.1) is 0 Å². The van der Waals surface area contributed by atoms with Crippen LogP contribution < -0.4 is 0 Å². The maximum atomic E-state index is 9.70. The number of aromatic nitrogens is 4. The monoisotopic (exact) mass is 372 g/mol. The van der Waals surface area contributed by atoms with Crippen molar-refractivity contribution in [3.63, 3.8) is 0 Å². The fraction of sp³-hybridized carbons (Fsp3) is 0.217. The summed E-state index contributed by atoms with van der Waals surface area (Å²) in [7, 11) is 0. The largest absolute Gasteiger partial charge is 0.508 e. The van der Waals surface area contributed by atoms with Crippen molar-refractivity contribution in [2.24, 2.45) is 0 Å². The van der Waals surface area contributed by atoms with Gasteiger partial charge in [0.2, 0.25) is 0 Å². The van der Waals surface area contributed by atoms with Crippen molar-refractivity contribution in [3.05, 3.63) is 78.4 Å². The summed E-state index contributed by atoms with van der Waals surface area (Å²) in [6.07, 6.45) is 1.90. The third-order valence-corrected chi connectivity index (χ3v) is 4.95. The van der Waals surface area contributed by atoms with Crippen molar-refractivity contribution in [2.45, 2.75) is 33.4 Å². The number of phenolic OH excluding ortho intramolecular Hbond substituents is 1. The summed E-state index contributed by atoms with van der Waals surface area (Å²) in [6.45, 7) is 7.02. The van der Waals surface area contributed by atoms with Crippen LogP contribution in [0.4, 0.5) is 0 Å². The third kappa shape index (κ3) is 3.43. The minimum atomic E-state index is 0.183. The Balaban J connectivity index is 1.78. The number of phenols is 1. The zero-order chi connectivity index (χ0) is 19.7. The zero-order valence-corrected chi connectivity index (χ0v) is 16.4. The van der Waals surface area contributed by atoms with E-state index >= 15 is 0 Å². The molecule has 142 valence electrons. The van der Waals surface area contributed by atoms with Crippen LogP contribution in [0.15, 0.2) is 67.0 Å². The van der Waals surface area contributed by atoms with E-state index in [-0.39, 0.29) is 11.8 Å². The molecule has 0 amide bonds. The van der Waals surface area contributed by atoms with E-state index in [0.29, 0.717) is 0 Å². The topological polar surface area (TPSA) is 55.9 Å². The molecule has 0 unspecified atom stereocenters. The molecule has 0 aliphatic heterocycles. The number of hydrogen-bond acceptors (Lipinski definition) is 3. The minimum absolute atomic E-state index is 0.183. The molecule has 5 nitrogen and oxygen atoms in total. The maximum Gasteiger partial charge on any atom is 0.115 e. The van der Waals surface area contributed by atoms with Crippen LogP contribution in [0, 0.1) is 13.8 Å². The summed E-state index contributed by atoms with van der Waals surface area (Å²) in [5.74, 6) is 0.257. The maximum absolute atomic E-state index is 9.70. The average Bonchev–Trinajstić information content (AvgIpc) is 3.26. The minimum Gasteiger partial charge on any atom is -0.508 e. The molecule has 2 aromatic carbocycles. The number of aryl methyl sites for hydroxylation is 2. The van der Waals surface area contributed by atoms with Gasteiger partial charge in [-0.1, -0.05) is 30.3 Å². The molecule has 0 fully saturated rings. The SMILES string of the molecule is Cc1cc(C)n([C@@H](C)Cn2cnc(-c3ccccc3)c2-c2ccc(O)cc2)n1. The molecule has 0 radical (unpaired) electrons. The molecule has 0 bridgehead atoms. The molecular weight excluding hydrogens is 348 g/mol. The van der Waals surface area contributed by atoms with Gasteiger partial charge in [0.1, 0.15) is 5.75 Å². The summed E-state index contributed by atoms with van der Waals surface area (Å²) >= 11 is 0. The Labute approximate surface area is 164 Å². The first-order valence-electron chi connectivity index (χ1n) is 9.45. The Morgan fingerprint density at radius 1 is 0.964 bits per heavy atom. The standard InChI is InChI=1S/C23H24N4O/c1-16-13-17(2)27(25-16)18(3)14-26-15-24-22(19-7-5-4-6-8-19)23(26)20-9-11-21(28)12-10-20/h4-13,15,18,28H,14H2,1-3H3/t18-/m0/s1. The lowest BCUT2D eigenvalue weighted by Crippen LogP contribution is -2.16.